The van der Waals surface area contributed by atoms with Crippen LogP contribution >= 0.6 is 11.8 Å². The molecule has 0 radical (unpaired) electrons. The van der Waals surface area contributed by atoms with E-state index in [1.54, 1.807) is 0 Å². The van der Waals surface area contributed by atoms with Crippen molar-refractivity contribution in [2.75, 3.05) is 11.7 Å². The topological polar surface area (TPSA) is 84.9 Å². The van der Waals surface area contributed by atoms with Crippen molar-refractivity contribution in [2.24, 2.45) is 0 Å². The first kappa shape index (κ1) is 19.8. The summed E-state index contributed by atoms with van der Waals surface area (Å²) in [5.74, 6) is -0.596. The average Bonchev–Trinajstić information content (AvgIpc) is 2.66. The molecule has 0 aliphatic rings. The molecule has 0 bridgehead atoms. The predicted molar refractivity (Wildman–Crippen MR) is 99.7 cm³/mol. The fraction of sp³-hybridized carbons (Fsp3) is 0.263. The van der Waals surface area contributed by atoms with Crippen LogP contribution in [0.4, 0.5) is 4.79 Å². The molecule has 26 heavy (non-hydrogen) atoms. The highest BCUT2D eigenvalue weighted by Gasteiger charge is 2.20. The number of hydrogen-bond donors (Lipinski definition) is 2. The minimum atomic E-state index is -1.11. The second kappa shape index (κ2) is 11.2. The van der Waals surface area contributed by atoms with Gasteiger partial charge in [-0.25, -0.2) is 9.59 Å². The van der Waals surface area contributed by atoms with Crippen LogP contribution in [0, 0.1) is 0 Å². The maximum Gasteiger partial charge on any atom is 0.408 e. The van der Waals surface area contributed by atoms with Gasteiger partial charge in [0.2, 0.25) is 0 Å². The summed E-state index contributed by atoms with van der Waals surface area (Å²) in [5.41, 5.74) is 1.88. The number of aliphatic carboxylic acids is 1. The van der Waals surface area contributed by atoms with E-state index in [0.29, 0.717) is 12.5 Å². The molecular weight excluding hydrogens is 354 g/mol. The van der Waals surface area contributed by atoms with Gasteiger partial charge in [0.05, 0.1) is 12.5 Å². The molecule has 1 amide bonds. The average molecular weight is 375 g/mol. The first-order valence-corrected chi connectivity index (χ1v) is 9.20. The number of amides is 1. The van der Waals surface area contributed by atoms with Gasteiger partial charge in [-0.3, -0.25) is 0 Å². The highest BCUT2D eigenvalue weighted by atomic mass is 32.2. The van der Waals surface area contributed by atoms with Gasteiger partial charge >= 0.3 is 12.1 Å². The van der Waals surface area contributed by atoms with Crippen LogP contribution in [0.25, 0.3) is 0 Å². The molecule has 1 unspecified atom stereocenters. The van der Waals surface area contributed by atoms with E-state index in [4.69, 9.17) is 9.47 Å². The third-order valence-electron chi connectivity index (χ3n) is 3.37. The van der Waals surface area contributed by atoms with Crippen molar-refractivity contribution in [3.63, 3.8) is 0 Å². The van der Waals surface area contributed by atoms with Gasteiger partial charge in [-0.05, 0) is 11.1 Å². The van der Waals surface area contributed by atoms with E-state index in [1.165, 1.54) is 11.8 Å². The van der Waals surface area contributed by atoms with Gasteiger partial charge in [0.1, 0.15) is 12.6 Å². The third-order valence-corrected chi connectivity index (χ3v) is 4.27. The number of ether oxygens (including phenoxy) is 2. The molecule has 2 rings (SSSR count). The summed E-state index contributed by atoms with van der Waals surface area (Å²) in [6.07, 6.45) is -0.757. The number of hydrogen-bond acceptors (Lipinski definition) is 5. The Morgan fingerprint density at radius 3 is 2.12 bits per heavy atom. The summed E-state index contributed by atoms with van der Waals surface area (Å²) in [6, 6.07) is 17.8. The zero-order valence-corrected chi connectivity index (χ0v) is 15.0. The molecule has 0 saturated carbocycles. The van der Waals surface area contributed by atoms with Gasteiger partial charge in [0.25, 0.3) is 0 Å². The fourth-order valence-corrected chi connectivity index (χ4v) is 2.80. The van der Waals surface area contributed by atoms with Crippen LogP contribution in [0.3, 0.4) is 0 Å². The molecule has 0 fully saturated rings. The number of rotatable bonds is 10. The molecule has 6 nitrogen and oxygen atoms in total. The number of carbonyl (C=O) groups is 2. The van der Waals surface area contributed by atoms with E-state index in [0.717, 1.165) is 11.1 Å². The van der Waals surface area contributed by atoms with E-state index in [-0.39, 0.29) is 12.4 Å². The van der Waals surface area contributed by atoms with Gasteiger partial charge in [-0.2, -0.15) is 0 Å². The molecule has 2 aromatic carbocycles. The van der Waals surface area contributed by atoms with Gasteiger partial charge in [-0.15, -0.1) is 11.8 Å². The molecule has 0 saturated heterocycles. The molecule has 138 valence electrons. The van der Waals surface area contributed by atoms with Crippen LogP contribution < -0.4 is 5.32 Å². The Kier molecular flexibility index (Phi) is 8.51. The first-order chi connectivity index (χ1) is 12.6. The summed E-state index contributed by atoms with van der Waals surface area (Å²) >= 11 is 1.29. The number of alkyl carbamates (subject to hydrolysis) is 1. The summed E-state index contributed by atoms with van der Waals surface area (Å²) < 4.78 is 10.5. The number of nitrogens with one attached hydrogen (secondary N) is 1. The lowest BCUT2D eigenvalue weighted by Crippen LogP contribution is -2.42. The SMILES string of the molecule is O=C(NC(CSCOCc1ccccc1)C(=O)O)OCc1ccccc1. The summed E-state index contributed by atoms with van der Waals surface area (Å²) in [5, 5.41) is 11.6. The quantitative estimate of drug-likeness (QED) is 0.490. The van der Waals surface area contributed by atoms with E-state index >= 15 is 0 Å². The number of thioether (sulfide) groups is 1. The van der Waals surface area contributed by atoms with Crippen LogP contribution in [0.1, 0.15) is 11.1 Å². The van der Waals surface area contributed by atoms with Crippen molar-refractivity contribution >= 4 is 23.8 Å². The summed E-state index contributed by atoms with van der Waals surface area (Å²) in [4.78, 5) is 23.0. The number of carboxylic acids is 1. The highest BCUT2D eigenvalue weighted by molar-refractivity contribution is 7.99. The lowest BCUT2D eigenvalue weighted by atomic mass is 10.2. The highest BCUT2D eigenvalue weighted by Crippen LogP contribution is 2.08. The van der Waals surface area contributed by atoms with Gasteiger partial charge in [0.15, 0.2) is 0 Å². The molecule has 1 atom stereocenters. The summed E-state index contributed by atoms with van der Waals surface area (Å²) in [7, 11) is 0. The van der Waals surface area contributed by atoms with Crippen LogP contribution in [0.15, 0.2) is 60.7 Å². The van der Waals surface area contributed by atoms with Crippen LogP contribution in [0.5, 0.6) is 0 Å². The second-order valence-corrected chi connectivity index (χ2v) is 6.40. The lowest BCUT2D eigenvalue weighted by molar-refractivity contribution is -0.138. The Bertz CT molecular complexity index is 681. The van der Waals surface area contributed by atoms with E-state index in [2.05, 4.69) is 5.32 Å². The van der Waals surface area contributed by atoms with Crippen LogP contribution in [-0.4, -0.2) is 34.9 Å². The molecule has 0 aromatic heterocycles. The molecule has 0 heterocycles. The standard InChI is InChI=1S/C19H21NO5S/c21-18(22)17(13-26-14-24-11-15-7-3-1-4-8-15)20-19(23)25-12-16-9-5-2-6-10-16/h1-10,17H,11-14H2,(H,20,23)(H,21,22). The number of carbonyl (C=O) groups excluding carboxylic acids is 1. The minimum absolute atomic E-state index is 0.0896. The number of carboxylic acid groups (broad SMARTS) is 1. The minimum Gasteiger partial charge on any atom is -0.480 e. The largest absolute Gasteiger partial charge is 0.480 e. The fourth-order valence-electron chi connectivity index (χ4n) is 2.04. The Hall–Kier alpha value is -2.51. The predicted octanol–water partition coefficient (Wildman–Crippen LogP) is 3.27. The van der Waals surface area contributed by atoms with E-state index in [1.807, 2.05) is 60.7 Å². The zero-order chi connectivity index (χ0) is 18.6. The van der Waals surface area contributed by atoms with E-state index in [9.17, 15) is 14.7 Å². The van der Waals surface area contributed by atoms with Crippen molar-refractivity contribution < 1.29 is 24.2 Å². The lowest BCUT2D eigenvalue weighted by Gasteiger charge is -2.14. The summed E-state index contributed by atoms with van der Waals surface area (Å²) in [6.45, 7) is 0.546. The molecule has 2 N–H and O–H groups in total. The third kappa shape index (κ3) is 7.58. The van der Waals surface area contributed by atoms with Gasteiger partial charge < -0.3 is 19.9 Å². The van der Waals surface area contributed by atoms with Crippen molar-refractivity contribution in [1.82, 2.24) is 5.32 Å². The molecule has 0 aliphatic carbocycles. The Morgan fingerprint density at radius 1 is 0.962 bits per heavy atom. The molecule has 7 heteroatoms. The van der Waals surface area contributed by atoms with Crippen LogP contribution in [-0.2, 0) is 27.5 Å². The van der Waals surface area contributed by atoms with Gasteiger partial charge in [0, 0.05) is 5.75 Å². The van der Waals surface area contributed by atoms with Crippen molar-refractivity contribution in [3.8, 4) is 0 Å². The monoisotopic (exact) mass is 375 g/mol. The van der Waals surface area contributed by atoms with Crippen molar-refractivity contribution in [2.45, 2.75) is 19.3 Å². The molecular formula is C19H21NO5S. The van der Waals surface area contributed by atoms with Crippen molar-refractivity contribution in [1.29, 1.82) is 0 Å². The van der Waals surface area contributed by atoms with Gasteiger partial charge in [-0.1, -0.05) is 60.7 Å². The zero-order valence-electron chi connectivity index (χ0n) is 14.2. The van der Waals surface area contributed by atoms with Crippen LogP contribution in [0.2, 0.25) is 0 Å². The molecule has 2 aromatic rings. The Labute approximate surface area is 156 Å². The Balaban J connectivity index is 1.65. The van der Waals surface area contributed by atoms with Crippen molar-refractivity contribution in [3.05, 3.63) is 71.8 Å². The smallest absolute Gasteiger partial charge is 0.408 e. The second-order valence-electron chi connectivity index (χ2n) is 5.42. The number of benzene rings is 2. The maximum absolute atomic E-state index is 11.8. The maximum atomic E-state index is 11.8. The Morgan fingerprint density at radius 2 is 1.54 bits per heavy atom. The molecule has 0 aliphatic heterocycles. The normalized spacial score (nSPS) is 11.5. The van der Waals surface area contributed by atoms with E-state index < -0.39 is 18.1 Å². The first-order valence-electron chi connectivity index (χ1n) is 8.04. The molecule has 0 spiro atoms.